The Labute approximate surface area is 155 Å². The van der Waals surface area contributed by atoms with E-state index >= 15 is 0 Å². The zero-order chi connectivity index (χ0) is 19.4. The van der Waals surface area contributed by atoms with Crippen LogP contribution in [0.15, 0.2) is 36.5 Å². The summed E-state index contributed by atoms with van der Waals surface area (Å²) in [5, 5.41) is 27.1. The summed E-state index contributed by atoms with van der Waals surface area (Å²) in [6.07, 6.45) is 5.39. The predicted octanol–water partition coefficient (Wildman–Crippen LogP) is 2.55. The van der Waals surface area contributed by atoms with Crippen molar-refractivity contribution in [1.29, 1.82) is 0 Å². The highest BCUT2D eigenvalue weighted by Crippen LogP contribution is 2.36. The van der Waals surface area contributed by atoms with Crippen LogP contribution in [0, 0.1) is 15.5 Å². The zero-order valence-electron chi connectivity index (χ0n) is 14.6. The second-order valence-electron chi connectivity index (χ2n) is 6.75. The van der Waals surface area contributed by atoms with E-state index in [-0.39, 0.29) is 17.9 Å². The second-order valence-corrected chi connectivity index (χ2v) is 6.75. The van der Waals surface area contributed by atoms with Crippen molar-refractivity contribution in [2.75, 3.05) is 6.54 Å². The number of carbonyl (C=O) groups is 2. The lowest BCUT2D eigenvalue weighted by molar-refractivity contribution is -0.384. The lowest BCUT2D eigenvalue weighted by atomic mass is 9.74. The molecule has 0 aliphatic heterocycles. The van der Waals surface area contributed by atoms with E-state index in [9.17, 15) is 24.8 Å². The number of carboxylic acid groups (broad SMARTS) is 1. The van der Waals surface area contributed by atoms with Gasteiger partial charge >= 0.3 is 5.97 Å². The van der Waals surface area contributed by atoms with Crippen LogP contribution in [-0.2, 0) is 4.79 Å². The summed E-state index contributed by atoms with van der Waals surface area (Å²) in [6.45, 7) is 0.0750. The van der Waals surface area contributed by atoms with Gasteiger partial charge in [0.15, 0.2) is 5.69 Å². The summed E-state index contributed by atoms with van der Waals surface area (Å²) in [5.41, 5.74) is -0.205. The molecule has 0 atom stereocenters. The number of non-ortho nitro benzene ring substituents is 1. The van der Waals surface area contributed by atoms with Gasteiger partial charge < -0.3 is 10.4 Å². The van der Waals surface area contributed by atoms with Crippen LogP contribution in [0.2, 0.25) is 0 Å². The molecule has 2 N–H and O–H groups in total. The van der Waals surface area contributed by atoms with Crippen LogP contribution in [0.1, 0.15) is 42.6 Å². The third-order valence-corrected chi connectivity index (χ3v) is 5.00. The molecule has 1 aromatic carbocycles. The molecule has 0 spiro atoms. The number of hydrogen-bond donors (Lipinski definition) is 2. The van der Waals surface area contributed by atoms with E-state index in [4.69, 9.17) is 0 Å². The van der Waals surface area contributed by atoms with Gasteiger partial charge in [-0.05, 0) is 31.0 Å². The third kappa shape index (κ3) is 3.97. The Bertz CT molecular complexity index is 853. The number of rotatable bonds is 6. The van der Waals surface area contributed by atoms with E-state index in [1.165, 1.54) is 35.0 Å². The van der Waals surface area contributed by atoms with Gasteiger partial charge in [-0.25, -0.2) is 4.68 Å². The van der Waals surface area contributed by atoms with Crippen LogP contribution < -0.4 is 5.32 Å². The normalized spacial score (nSPS) is 15.9. The number of carboxylic acids is 1. The maximum absolute atomic E-state index is 12.4. The average Bonchev–Trinajstić information content (AvgIpc) is 3.17. The van der Waals surface area contributed by atoms with Gasteiger partial charge in [0.25, 0.3) is 11.6 Å². The summed E-state index contributed by atoms with van der Waals surface area (Å²) < 4.78 is 1.44. The lowest BCUT2D eigenvalue weighted by Crippen LogP contribution is -2.44. The van der Waals surface area contributed by atoms with E-state index in [1.54, 1.807) is 6.20 Å². The number of nitrogens with one attached hydrogen (secondary N) is 1. The van der Waals surface area contributed by atoms with E-state index in [0.717, 1.165) is 19.3 Å². The minimum absolute atomic E-state index is 0.0321. The molecule has 0 unspecified atom stereocenters. The van der Waals surface area contributed by atoms with E-state index in [1.807, 2.05) is 0 Å². The van der Waals surface area contributed by atoms with Gasteiger partial charge in [-0.15, -0.1) is 0 Å². The molecular formula is C18H20N4O5. The van der Waals surface area contributed by atoms with Gasteiger partial charge in [0, 0.05) is 24.9 Å². The SMILES string of the molecule is O=C(NCC1(C(=O)O)CCCCC1)c1ccn(-c2ccc([N+](=O)[O-])cc2)n1. The van der Waals surface area contributed by atoms with Gasteiger partial charge in [0.2, 0.25) is 0 Å². The molecular weight excluding hydrogens is 352 g/mol. The fourth-order valence-corrected chi connectivity index (χ4v) is 3.35. The number of aliphatic carboxylic acids is 1. The molecule has 0 bridgehead atoms. The Kier molecular flexibility index (Phi) is 5.20. The molecule has 1 amide bonds. The highest BCUT2D eigenvalue weighted by molar-refractivity contribution is 5.92. The summed E-state index contributed by atoms with van der Waals surface area (Å²) in [7, 11) is 0. The van der Waals surface area contributed by atoms with E-state index in [0.29, 0.717) is 18.5 Å². The van der Waals surface area contributed by atoms with Crippen molar-refractivity contribution in [3.05, 3.63) is 52.3 Å². The Morgan fingerprint density at radius 2 is 1.85 bits per heavy atom. The molecule has 2 aromatic rings. The van der Waals surface area contributed by atoms with E-state index in [2.05, 4.69) is 10.4 Å². The molecule has 1 aliphatic rings. The number of aromatic nitrogens is 2. The molecule has 1 aromatic heterocycles. The monoisotopic (exact) mass is 372 g/mol. The fourth-order valence-electron chi connectivity index (χ4n) is 3.35. The standard InChI is InChI=1S/C18H20N4O5/c23-16(19-12-18(17(24)25)9-2-1-3-10-18)15-8-11-21(20-15)13-4-6-14(7-5-13)22(26)27/h4-8,11H,1-3,9-10,12H2,(H,19,23)(H,24,25). The number of hydrogen-bond acceptors (Lipinski definition) is 5. The number of nitrogens with zero attached hydrogens (tertiary/aromatic N) is 3. The Morgan fingerprint density at radius 1 is 1.19 bits per heavy atom. The minimum atomic E-state index is -0.908. The lowest BCUT2D eigenvalue weighted by Gasteiger charge is -2.33. The van der Waals surface area contributed by atoms with E-state index < -0.39 is 22.2 Å². The van der Waals surface area contributed by atoms with Gasteiger partial charge in [-0.3, -0.25) is 19.7 Å². The second kappa shape index (κ2) is 7.56. The molecule has 1 heterocycles. The summed E-state index contributed by atoms with van der Waals surface area (Å²) in [6, 6.07) is 7.31. The number of nitro groups is 1. The van der Waals surface area contributed by atoms with Gasteiger partial charge in [-0.1, -0.05) is 19.3 Å². The molecule has 3 rings (SSSR count). The molecule has 0 radical (unpaired) electrons. The molecule has 27 heavy (non-hydrogen) atoms. The maximum Gasteiger partial charge on any atom is 0.311 e. The molecule has 142 valence electrons. The van der Waals surface area contributed by atoms with Crippen molar-refractivity contribution < 1.29 is 19.6 Å². The van der Waals surface area contributed by atoms with Crippen molar-refractivity contribution in [2.24, 2.45) is 5.41 Å². The molecule has 1 fully saturated rings. The predicted molar refractivity (Wildman–Crippen MR) is 95.7 cm³/mol. The van der Waals surface area contributed by atoms with Crippen LogP contribution in [0.3, 0.4) is 0 Å². The molecule has 9 heteroatoms. The maximum atomic E-state index is 12.4. The summed E-state index contributed by atoms with van der Waals surface area (Å²) in [4.78, 5) is 34.3. The first kappa shape index (κ1) is 18.6. The van der Waals surface area contributed by atoms with Crippen molar-refractivity contribution in [2.45, 2.75) is 32.1 Å². The number of benzene rings is 1. The van der Waals surface area contributed by atoms with Crippen LogP contribution in [0.4, 0.5) is 5.69 Å². The Morgan fingerprint density at radius 3 is 2.44 bits per heavy atom. The topological polar surface area (TPSA) is 127 Å². The van der Waals surface area contributed by atoms with Gasteiger partial charge in [0.1, 0.15) is 0 Å². The first-order valence-corrected chi connectivity index (χ1v) is 8.73. The number of nitro benzene ring substituents is 1. The third-order valence-electron chi connectivity index (χ3n) is 5.00. The van der Waals surface area contributed by atoms with Gasteiger partial charge in [0.05, 0.1) is 16.0 Å². The van der Waals surface area contributed by atoms with Crippen molar-refractivity contribution >= 4 is 17.6 Å². The molecule has 9 nitrogen and oxygen atoms in total. The fraction of sp³-hybridized carbons (Fsp3) is 0.389. The average molecular weight is 372 g/mol. The highest BCUT2D eigenvalue weighted by atomic mass is 16.6. The minimum Gasteiger partial charge on any atom is -0.481 e. The quantitative estimate of drug-likeness (QED) is 0.592. The summed E-state index contributed by atoms with van der Waals surface area (Å²) in [5.74, 6) is -1.32. The number of carbonyl (C=O) groups excluding carboxylic acids is 1. The van der Waals surface area contributed by atoms with Crippen LogP contribution in [-0.4, -0.2) is 38.2 Å². The molecule has 1 saturated carbocycles. The first-order valence-electron chi connectivity index (χ1n) is 8.73. The first-order chi connectivity index (χ1) is 12.9. The van der Waals surface area contributed by atoms with Crippen molar-refractivity contribution in [3.8, 4) is 5.69 Å². The Hall–Kier alpha value is -3.23. The van der Waals surface area contributed by atoms with Crippen LogP contribution in [0.25, 0.3) is 5.69 Å². The largest absolute Gasteiger partial charge is 0.481 e. The summed E-state index contributed by atoms with van der Waals surface area (Å²) >= 11 is 0. The molecule has 0 saturated heterocycles. The van der Waals surface area contributed by atoms with Gasteiger partial charge in [-0.2, -0.15) is 5.10 Å². The number of amides is 1. The van der Waals surface area contributed by atoms with Crippen molar-refractivity contribution in [3.63, 3.8) is 0 Å². The molecule has 1 aliphatic carbocycles. The van der Waals surface area contributed by atoms with Crippen LogP contribution >= 0.6 is 0 Å². The van der Waals surface area contributed by atoms with Crippen molar-refractivity contribution in [1.82, 2.24) is 15.1 Å². The Balaban J connectivity index is 1.67. The van der Waals surface area contributed by atoms with Crippen LogP contribution in [0.5, 0.6) is 0 Å². The zero-order valence-corrected chi connectivity index (χ0v) is 14.6. The highest BCUT2D eigenvalue weighted by Gasteiger charge is 2.39. The smallest absolute Gasteiger partial charge is 0.311 e.